The van der Waals surface area contributed by atoms with Crippen LogP contribution in [0.2, 0.25) is 0 Å². The highest BCUT2D eigenvalue weighted by molar-refractivity contribution is 6.03. The Hall–Kier alpha value is -2.60. The van der Waals surface area contributed by atoms with Crippen LogP contribution in [0.25, 0.3) is 27.5 Å². The van der Waals surface area contributed by atoms with E-state index in [0.717, 1.165) is 12.3 Å². The van der Waals surface area contributed by atoms with Crippen molar-refractivity contribution in [3.8, 4) is 11.1 Å². The third-order valence-corrected chi connectivity index (χ3v) is 8.03. The molecule has 1 fully saturated rings. The summed E-state index contributed by atoms with van der Waals surface area (Å²) in [6, 6.07) is 21.0. The first-order chi connectivity index (χ1) is 15.2. The molecule has 0 heteroatoms. The van der Waals surface area contributed by atoms with Crippen molar-refractivity contribution in [2.24, 2.45) is 11.8 Å². The molecule has 2 unspecified atom stereocenters. The lowest BCUT2D eigenvalue weighted by Crippen LogP contribution is -2.17. The Kier molecular flexibility index (Phi) is 4.64. The molecule has 0 N–H and O–H groups in total. The molecule has 0 radical (unpaired) electrons. The Morgan fingerprint density at radius 1 is 0.806 bits per heavy atom. The fourth-order valence-corrected chi connectivity index (χ4v) is 6.42. The largest absolute Gasteiger partial charge is 0.0808 e. The predicted molar refractivity (Wildman–Crippen MR) is 133 cm³/mol. The van der Waals surface area contributed by atoms with E-state index in [-0.39, 0.29) is 0 Å². The molecule has 3 aromatic carbocycles. The van der Waals surface area contributed by atoms with Crippen LogP contribution in [0.3, 0.4) is 0 Å². The second kappa shape index (κ2) is 7.52. The average molecular weight is 405 g/mol. The Labute approximate surface area is 186 Å². The van der Waals surface area contributed by atoms with Crippen LogP contribution >= 0.6 is 0 Å². The van der Waals surface area contributed by atoms with Crippen LogP contribution in [0.1, 0.15) is 68.6 Å². The van der Waals surface area contributed by atoms with E-state index in [1.807, 2.05) is 0 Å². The van der Waals surface area contributed by atoms with E-state index in [9.17, 15) is 0 Å². The Morgan fingerprint density at radius 3 is 2.42 bits per heavy atom. The van der Waals surface area contributed by atoms with Crippen molar-refractivity contribution in [2.45, 2.75) is 58.3 Å². The molecule has 3 aliphatic carbocycles. The molecule has 0 aliphatic heterocycles. The van der Waals surface area contributed by atoms with Crippen molar-refractivity contribution in [3.05, 3.63) is 89.0 Å². The normalized spacial score (nSPS) is 23.3. The highest BCUT2D eigenvalue weighted by atomic mass is 14.3. The molecular weight excluding hydrogens is 372 g/mol. The molecule has 0 saturated heterocycles. The lowest BCUT2D eigenvalue weighted by atomic mass is 9.72. The number of hydrogen-bond acceptors (Lipinski definition) is 0. The molecule has 156 valence electrons. The van der Waals surface area contributed by atoms with Gasteiger partial charge in [-0.25, -0.2) is 0 Å². The van der Waals surface area contributed by atoms with Crippen molar-refractivity contribution >= 4 is 16.3 Å². The van der Waals surface area contributed by atoms with Crippen LogP contribution in [-0.2, 0) is 6.42 Å². The average Bonchev–Trinajstić information content (AvgIpc) is 3.34. The van der Waals surface area contributed by atoms with Gasteiger partial charge in [0.05, 0.1) is 0 Å². The molecule has 0 nitrogen and oxygen atoms in total. The highest BCUT2D eigenvalue weighted by Gasteiger charge is 2.29. The van der Waals surface area contributed by atoms with Gasteiger partial charge in [-0.15, -0.1) is 0 Å². The van der Waals surface area contributed by atoms with E-state index in [1.165, 1.54) is 65.1 Å². The van der Waals surface area contributed by atoms with Gasteiger partial charge in [0, 0.05) is 0 Å². The second-order valence-corrected chi connectivity index (χ2v) is 10.2. The lowest BCUT2D eigenvalue weighted by Gasteiger charge is -2.32. The van der Waals surface area contributed by atoms with Gasteiger partial charge in [-0.2, -0.15) is 0 Å². The SMILES string of the molecule is CC1C=CC2=C(C1)C(C)Cc1c2ccc2cc(C3CCCC3)cc(-c3ccccc3)c12. The topological polar surface area (TPSA) is 0 Å². The van der Waals surface area contributed by atoms with Crippen LogP contribution < -0.4 is 0 Å². The molecule has 0 aromatic heterocycles. The summed E-state index contributed by atoms with van der Waals surface area (Å²) in [5, 5.41) is 2.93. The maximum atomic E-state index is 2.54. The van der Waals surface area contributed by atoms with Crippen molar-refractivity contribution in [1.29, 1.82) is 0 Å². The maximum Gasteiger partial charge on any atom is -0.00667 e. The molecule has 0 bridgehead atoms. The first-order valence-electron chi connectivity index (χ1n) is 12.3. The summed E-state index contributed by atoms with van der Waals surface area (Å²) in [4.78, 5) is 0. The van der Waals surface area contributed by atoms with Gasteiger partial charge in [-0.05, 0) is 87.6 Å². The molecule has 1 saturated carbocycles. The molecular formula is C31H32. The molecule has 6 rings (SSSR count). The van der Waals surface area contributed by atoms with Crippen molar-refractivity contribution in [1.82, 2.24) is 0 Å². The Bertz CT molecular complexity index is 1200. The summed E-state index contributed by atoms with van der Waals surface area (Å²) in [5.74, 6) is 2.02. The third-order valence-electron chi connectivity index (χ3n) is 8.03. The number of benzene rings is 3. The van der Waals surface area contributed by atoms with Gasteiger partial charge >= 0.3 is 0 Å². The fraction of sp³-hybridized carbons (Fsp3) is 0.355. The molecule has 3 aliphatic rings. The Balaban J connectivity index is 1.62. The minimum atomic E-state index is 0.624. The zero-order chi connectivity index (χ0) is 20.9. The molecule has 0 spiro atoms. The van der Waals surface area contributed by atoms with Gasteiger partial charge in [-0.1, -0.05) is 99.0 Å². The zero-order valence-corrected chi connectivity index (χ0v) is 18.8. The number of allylic oxidation sites excluding steroid dienone is 4. The number of rotatable bonds is 2. The molecule has 3 aromatic rings. The van der Waals surface area contributed by atoms with E-state index >= 15 is 0 Å². The zero-order valence-electron chi connectivity index (χ0n) is 18.8. The van der Waals surface area contributed by atoms with Crippen LogP contribution in [-0.4, -0.2) is 0 Å². The third kappa shape index (κ3) is 3.19. The van der Waals surface area contributed by atoms with Crippen molar-refractivity contribution < 1.29 is 0 Å². The standard InChI is InChI=1S/C31H32/c1-20-12-14-26-27-15-13-24-18-25(22-8-6-7-9-22)19-29(23-10-4-3-5-11-23)31(24)30(27)17-21(2)28(26)16-20/h3-5,10-15,18-22H,6-9,16-17H2,1-2H3. The second-order valence-electron chi connectivity index (χ2n) is 10.2. The van der Waals surface area contributed by atoms with Crippen LogP contribution in [0.4, 0.5) is 0 Å². The molecule has 2 atom stereocenters. The minimum Gasteiger partial charge on any atom is -0.0808 e. The van der Waals surface area contributed by atoms with Gasteiger partial charge in [0.25, 0.3) is 0 Å². The lowest BCUT2D eigenvalue weighted by molar-refractivity contribution is 0.583. The summed E-state index contributed by atoms with van der Waals surface area (Å²) < 4.78 is 0. The van der Waals surface area contributed by atoms with Gasteiger partial charge < -0.3 is 0 Å². The van der Waals surface area contributed by atoms with E-state index in [0.29, 0.717) is 11.8 Å². The van der Waals surface area contributed by atoms with Crippen molar-refractivity contribution in [3.63, 3.8) is 0 Å². The van der Waals surface area contributed by atoms with Crippen LogP contribution in [0.5, 0.6) is 0 Å². The van der Waals surface area contributed by atoms with E-state index < -0.39 is 0 Å². The predicted octanol–water partition coefficient (Wildman–Crippen LogP) is 8.71. The van der Waals surface area contributed by atoms with Gasteiger partial charge in [0.15, 0.2) is 0 Å². The summed E-state index contributed by atoms with van der Waals surface area (Å²) in [6.07, 6.45) is 12.7. The van der Waals surface area contributed by atoms with Gasteiger partial charge in [0.1, 0.15) is 0 Å². The Morgan fingerprint density at radius 2 is 1.61 bits per heavy atom. The fourth-order valence-electron chi connectivity index (χ4n) is 6.42. The summed E-state index contributed by atoms with van der Waals surface area (Å²) in [7, 11) is 0. The summed E-state index contributed by atoms with van der Waals surface area (Å²) >= 11 is 0. The summed E-state index contributed by atoms with van der Waals surface area (Å²) in [5.41, 5.74) is 10.6. The monoisotopic (exact) mass is 404 g/mol. The first kappa shape index (κ1) is 19.1. The van der Waals surface area contributed by atoms with E-state index in [4.69, 9.17) is 0 Å². The smallest absolute Gasteiger partial charge is 0.00667 e. The number of fused-ring (bicyclic) bond motifs is 4. The first-order valence-corrected chi connectivity index (χ1v) is 12.3. The quantitative estimate of drug-likeness (QED) is 0.400. The minimum absolute atomic E-state index is 0.624. The van der Waals surface area contributed by atoms with E-state index in [1.54, 1.807) is 16.7 Å². The number of hydrogen-bond donors (Lipinski definition) is 0. The molecule has 0 heterocycles. The van der Waals surface area contributed by atoms with Gasteiger partial charge in [-0.3, -0.25) is 0 Å². The van der Waals surface area contributed by atoms with E-state index in [2.05, 4.69) is 80.6 Å². The van der Waals surface area contributed by atoms with Gasteiger partial charge in [0.2, 0.25) is 0 Å². The van der Waals surface area contributed by atoms with Crippen LogP contribution in [0, 0.1) is 11.8 Å². The molecule has 31 heavy (non-hydrogen) atoms. The maximum absolute atomic E-state index is 2.54. The van der Waals surface area contributed by atoms with Crippen LogP contribution in [0.15, 0.2) is 72.3 Å². The summed E-state index contributed by atoms with van der Waals surface area (Å²) in [6.45, 7) is 4.79. The molecule has 0 amide bonds. The highest BCUT2D eigenvalue weighted by Crippen LogP contribution is 2.47. The van der Waals surface area contributed by atoms with Crippen molar-refractivity contribution in [2.75, 3.05) is 0 Å².